The summed E-state index contributed by atoms with van der Waals surface area (Å²) < 4.78 is 4.76. The zero-order chi connectivity index (χ0) is 9.94. The van der Waals surface area contributed by atoms with Gasteiger partial charge in [0, 0.05) is 26.6 Å². The zero-order valence-corrected chi connectivity index (χ0v) is 8.26. The summed E-state index contributed by atoms with van der Waals surface area (Å²) in [5.74, 6) is 0.0327. The van der Waals surface area contributed by atoms with E-state index in [9.17, 15) is 4.79 Å². The van der Waals surface area contributed by atoms with Gasteiger partial charge < -0.3 is 10.1 Å². The largest absolute Gasteiger partial charge is 0.382 e. The van der Waals surface area contributed by atoms with E-state index in [-0.39, 0.29) is 5.91 Å². The molecule has 0 atom stereocenters. The first-order chi connectivity index (χ1) is 6.31. The summed E-state index contributed by atoms with van der Waals surface area (Å²) in [6.45, 7) is 4.12. The van der Waals surface area contributed by atoms with E-state index in [1.54, 1.807) is 7.11 Å². The fourth-order valence-electron chi connectivity index (χ4n) is 0.719. The molecule has 5 nitrogen and oxygen atoms in total. The highest BCUT2D eigenvalue weighted by Crippen LogP contribution is 1.77. The molecule has 0 fully saturated rings. The van der Waals surface area contributed by atoms with Crippen LogP contribution in [-0.2, 0) is 14.4 Å². The summed E-state index contributed by atoms with van der Waals surface area (Å²) >= 11 is 0. The third-order valence-corrected chi connectivity index (χ3v) is 1.32. The monoisotopic (exact) mass is 190 g/mol. The maximum atomic E-state index is 10.9. The first-order valence-electron chi connectivity index (χ1n) is 4.41. The number of ether oxygens (including phenoxy) is 1. The van der Waals surface area contributed by atoms with Crippen molar-refractivity contribution in [1.29, 1.82) is 0 Å². The molecule has 0 aliphatic heterocycles. The highest BCUT2D eigenvalue weighted by Gasteiger charge is 1.97. The van der Waals surface area contributed by atoms with Crippen LogP contribution in [0.3, 0.4) is 0 Å². The van der Waals surface area contributed by atoms with Crippen LogP contribution in [0.15, 0.2) is 0 Å². The molecular weight excluding hydrogens is 172 g/mol. The summed E-state index contributed by atoms with van der Waals surface area (Å²) in [4.78, 5) is 15.8. The minimum atomic E-state index is 0.0327. The topological polar surface area (TPSA) is 59.6 Å². The lowest BCUT2D eigenvalue weighted by Crippen LogP contribution is -2.28. The van der Waals surface area contributed by atoms with Gasteiger partial charge in [-0.15, -0.1) is 0 Å². The molecule has 0 aromatic carbocycles. The first kappa shape index (κ1) is 12.3. The van der Waals surface area contributed by atoms with Crippen LogP contribution >= 0.6 is 0 Å². The molecule has 0 spiro atoms. The maximum absolute atomic E-state index is 10.9. The number of methoxy groups -OCH3 is 1. The van der Waals surface area contributed by atoms with Crippen LogP contribution in [-0.4, -0.2) is 39.3 Å². The summed E-state index contributed by atoms with van der Waals surface area (Å²) in [5.41, 5.74) is 2.67. The molecule has 0 aromatic heterocycles. The number of rotatable bonds is 8. The van der Waals surface area contributed by atoms with E-state index in [4.69, 9.17) is 9.57 Å². The number of hydroxylamine groups is 1. The van der Waals surface area contributed by atoms with Crippen molar-refractivity contribution >= 4 is 5.91 Å². The Bertz CT molecular complexity index is 131. The molecule has 0 saturated carbocycles. The Morgan fingerprint density at radius 2 is 2.15 bits per heavy atom. The second-order valence-electron chi connectivity index (χ2n) is 2.44. The molecule has 0 radical (unpaired) electrons. The van der Waals surface area contributed by atoms with Crippen LogP contribution in [0.5, 0.6) is 0 Å². The standard InChI is InChI=1S/C8H18N2O3/c1-3-9-8(11)4-5-10-13-7-6-12-2/h10H,3-7H2,1-2H3,(H,9,11). The second-order valence-corrected chi connectivity index (χ2v) is 2.44. The number of hydrogen-bond donors (Lipinski definition) is 2. The third-order valence-electron chi connectivity index (χ3n) is 1.32. The molecule has 0 unspecified atom stereocenters. The number of hydrogen-bond acceptors (Lipinski definition) is 4. The van der Waals surface area contributed by atoms with Crippen LogP contribution in [0.2, 0.25) is 0 Å². The Morgan fingerprint density at radius 3 is 2.77 bits per heavy atom. The smallest absolute Gasteiger partial charge is 0.221 e. The van der Waals surface area contributed by atoms with E-state index in [1.165, 1.54) is 0 Å². The zero-order valence-electron chi connectivity index (χ0n) is 8.26. The molecule has 0 aliphatic carbocycles. The van der Waals surface area contributed by atoms with Crippen molar-refractivity contribution < 1.29 is 14.4 Å². The number of amides is 1. The van der Waals surface area contributed by atoms with Crippen molar-refractivity contribution in [3.8, 4) is 0 Å². The molecule has 0 aliphatic rings. The van der Waals surface area contributed by atoms with Crippen molar-refractivity contribution in [2.75, 3.05) is 33.4 Å². The van der Waals surface area contributed by atoms with Crippen LogP contribution < -0.4 is 10.8 Å². The molecule has 0 heterocycles. The van der Waals surface area contributed by atoms with E-state index >= 15 is 0 Å². The highest BCUT2D eigenvalue weighted by atomic mass is 16.7. The van der Waals surface area contributed by atoms with Gasteiger partial charge in [0.2, 0.25) is 5.91 Å². The van der Waals surface area contributed by atoms with Crippen molar-refractivity contribution in [2.45, 2.75) is 13.3 Å². The Labute approximate surface area is 78.7 Å². The molecule has 0 rings (SSSR count). The fraction of sp³-hybridized carbons (Fsp3) is 0.875. The lowest BCUT2D eigenvalue weighted by atomic mass is 10.4. The van der Waals surface area contributed by atoms with Crippen molar-refractivity contribution in [2.24, 2.45) is 0 Å². The SMILES string of the molecule is CCNC(=O)CCNOCCOC. The van der Waals surface area contributed by atoms with E-state index in [2.05, 4.69) is 10.8 Å². The molecule has 2 N–H and O–H groups in total. The van der Waals surface area contributed by atoms with Gasteiger partial charge in [-0.05, 0) is 6.92 Å². The van der Waals surface area contributed by atoms with Crippen molar-refractivity contribution in [3.05, 3.63) is 0 Å². The summed E-state index contributed by atoms with van der Waals surface area (Å²) in [5, 5.41) is 2.69. The van der Waals surface area contributed by atoms with E-state index in [0.717, 1.165) is 0 Å². The Morgan fingerprint density at radius 1 is 1.38 bits per heavy atom. The third kappa shape index (κ3) is 9.26. The highest BCUT2D eigenvalue weighted by molar-refractivity contribution is 5.75. The van der Waals surface area contributed by atoms with Crippen molar-refractivity contribution in [3.63, 3.8) is 0 Å². The minimum absolute atomic E-state index is 0.0327. The van der Waals surface area contributed by atoms with Gasteiger partial charge in [0.15, 0.2) is 0 Å². The van der Waals surface area contributed by atoms with E-state index < -0.39 is 0 Å². The average Bonchev–Trinajstić information content (AvgIpc) is 2.11. The quantitative estimate of drug-likeness (QED) is 0.407. The van der Waals surface area contributed by atoms with Crippen LogP contribution in [0.25, 0.3) is 0 Å². The number of carbonyl (C=O) groups excluding carboxylic acids is 1. The van der Waals surface area contributed by atoms with Gasteiger partial charge >= 0.3 is 0 Å². The average molecular weight is 190 g/mol. The van der Waals surface area contributed by atoms with E-state index in [0.29, 0.717) is 32.7 Å². The maximum Gasteiger partial charge on any atom is 0.221 e. The van der Waals surface area contributed by atoms with E-state index in [1.807, 2.05) is 6.92 Å². The minimum Gasteiger partial charge on any atom is -0.382 e. The Hall–Kier alpha value is -0.650. The normalized spacial score (nSPS) is 10.0. The van der Waals surface area contributed by atoms with Gasteiger partial charge in [0.05, 0.1) is 13.2 Å². The number of nitrogens with one attached hydrogen (secondary N) is 2. The molecule has 78 valence electrons. The molecule has 0 bridgehead atoms. The molecular formula is C8H18N2O3. The van der Waals surface area contributed by atoms with Gasteiger partial charge in [-0.2, -0.15) is 0 Å². The lowest BCUT2D eigenvalue weighted by molar-refractivity contribution is -0.121. The van der Waals surface area contributed by atoms with Crippen LogP contribution in [0, 0.1) is 0 Å². The van der Waals surface area contributed by atoms with Gasteiger partial charge in [-0.1, -0.05) is 0 Å². The summed E-state index contributed by atoms with van der Waals surface area (Å²) in [6, 6.07) is 0. The molecule has 1 amide bonds. The van der Waals surface area contributed by atoms with Gasteiger partial charge in [-0.25, -0.2) is 5.48 Å². The molecule has 13 heavy (non-hydrogen) atoms. The Balaban J connectivity index is 3.02. The van der Waals surface area contributed by atoms with Gasteiger partial charge in [-0.3, -0.25) is 9.63 Å². The molecule has 0 aromatic rings. The van der Waals surface area contributed by atoms with Crippen molar-refractivity contribution in [1.82, 2.24) is 10.8 Å². The Kier molecular flexibility index (Phi) is 8.97. The second kappa shape index (κ2) is 9.44. The molecule has 0 saturated heterocycles. The van der Waals surface area contributed by atoms with Gasteiger partial charge in [0.25, 0.3) is 0 Å². The molecule has 5 heteroatoms. The predicted molar refractivity (Wildman–Crippen MR) is 49.1 cm³/mol. The van der Waals surface area contributed by atoms with Crippen LogP contribution in [0.4, 0.5) is 0 Å². The van der Waals surface area contributed by atoms with Gasteiger partial charge in [0.1, 0.15) is 0 Å². The fourth-order valence-corrected chi connectivity index (χ4v) is 0.719. The lowest BCUT2D eigenvalue weighted by Gasteiger charge is -2.04. The predicted octanol–water partition coefficient (Wildman–Crippen LogP) is -0.320. The van der Waals surface area contributed by atoms with Crippen LogP contribution in [0.1, 0.15) is 13.3 Å². The number of carbonyl (C=O) groups is 1. The summed E-state index contributed by atoms with van der Waals surface area (Å²) in [6.07, 6.45) is 0.431. The first-order valence-corrected chi connectivity index (χ1v) is 4.41. The summed E-state index contributed by atoms with van der Waals surface area (Å²) in [7, 11) is 1.61.